The van der Waals surface area contributed by atoms with E-state index >= 15 is 0 Å². The average molecular weight is 394 g/mol. The van der Waals surface area contributed by atoms with Gasteiger partial charge in [-0.1, -0.05) is 11.6 Å². The van der Waals surface area contributed by atoms with Crippen LogP contribution in [0.15, 0.2) is 36.4 Å². The zero-order chi connectivity index (χ0) is 20.3. The van der Waals surface area contributed by atoms with Crippen LogP contribution in [-0.2, 0) is 0 Å². The van der Waals surface area contributed by atoms with E-state index in [9.17, 15) is 4.39 Å². The van der Waals surface area contributed by atoms with E-state index in [0.29, 0.717) is 17.0 Å². The molecular weight excluding hydrogens is 381 g/mol. The molecule has 0 bridgehead atoms. The van der Waals surface area contributed by atoms with Crippen molar-refractivity contribution in [1.82, 2.24) is 9.97 Å². The molecule has 138 valence electrons. The summed E-state index contributed by atoms with van der Waals surface area (Å²) in [6.07, 6.45) is 0. The lowest BCUT2D eigenvalue weighted by Crippen LogP contribution is -2.01. The fourth-order valence-electron chi connectivity index (χ4n) is 2.60. The molecule has 3 rings (SSSR count). The molecule has 1 aromatic heterocycles. The van der Waals surface area contributed by atoms with E-state index in [0.717, 1.165) is 17.2 Å². The van der Waals surface area contributed by atoms with Crippen molar-refractivity contribution in [1.29, 1.82) is 10.5 Å². The zero-order valence-corrected chi connectivity index (χ0v) is 15.7. The van der Waals surface area contributed by atoms with Crippen molar-refractivity contribution in [2.75, 3.05) is 5.32 Å². The predicted molar refractivity (Wildman–Crippen MR) is 102 cm³/mol. The van der Waals surface area contributed by atoms with Crippen LogP contribution >= 0.6 is 11.6 Å². The van der Waals surface area contributed by atoms with Crippen LogP contribution in [0.25, 0.3) is 0 Å². The first-order chi connectivity index (χ1) is 13.4. The highest BCUT2D eigenvalue weighted by Gasteiger charge is 2.12. The van der Waals surface area contributed by atoms with Gasteiger partial charge in [0.25, 0.3) is 0 Å². The minimum absolute atomic E-state index is 0.0617. The lowest BCUT2D eigenvalue weighted by molar-refractivity contribution is 0.455. The second kappa shape index (κ2) is 7.91. The Hall–Kier alpha value is -3.68. The SMILES string of the molecule is Cc1cc(C#N)cc(C)c1Oc1cc(Cl)nc(Nc2ccc(C#N)c(F)c2)n1. The van der Waals surface area contributed by atoms with Gasteiger partial charge >= 0.3 is 0 Å². The smallest absolute Gasteiger partial charge is 0.231 e. The summed E-state index contributed by atoms with van der Waals surface area (Å²) in [7, 11) is 0. The Balaban J connectivity index is 1.90. The lowest BCUT2D eigenvalue weighted by atomic mass is 10.1. The highest BCUT2D eigenvalue weighted by molar-refractivity contribution is 6.29. The van der Waals surface area contributed by atoms with Crippen LogP contribution in [0.5, 0.6) is 11.6 Å². The Bertz CT molecular complexity index is 1130. The quantitative estimate of drug-likeness (QED) is 0.615. The van der Waals surface area contributed by atoms with Gasteiger partial charge in [-0.25, -0.2) is 9.37 Å². The molecule has 8 heteroatoms. The molecule has 28 heavy (non-hydrogen) atoms. The van der Waals surface area contributed by atoms with Crippen molar-refractivity contribution in [3.63, 3.8) is 0 Å². The minimum Gasteiger partial charge on any atom is -0.438 e. The molecule has 0 aliphatic rings. The summed E-state index contributed by atoms with van der Waals surface area (Å²) in [6.45, 7) is 3.65. The number of anilines is 2. The molecule has 6 nitrogen and oxygen atoms in total. The van der Waals surface area contributed by atoms with Gasteiger partial charge in [0.1, 0.15) is 22.8 Å². The summed E-state index contributed by atoms with van der Waals surface area (Å²) in [5, 5.41) is 20.8. The van der Waals surface area contributed by atoms with Gasteiger partial charge < -0.3 is 10.1 Å². The lowest BCUT2D eigenvalue weighted by Gasteiger charge is -2.13. The van der Waals surface area contributed by atoms with Gasteiger partial charge in [0.15, 0.2) is 0 Å². The van der Waals surface area contributed by atoms with E-state index in [4.69, 9.17) is 26.9 Å². The first kappa shape index (κ1) is 19.1. The molecule has 2 aromatic carbocycles. The van der Waals surface area contributed by atoms with Crippen molar-refractivity contribution in [2.24, 2.45) is 0 Å². The summed E-state index contributed by atoms with van der Waals surface area (Å²) in [5.41, 5.74) is 2.38. The van der Waals surface area contributed by atoms with E-state index in [1.165, 1.54) is 18.2 Å². The molecule has 1 N–H and O–H groups in total. The predicted octanol–water partition coefficient (Wildman–Crippen LogP) is 5.17. The molecule has 0 spiro atoms. The number of hydrogen-bond acceptors (Lipinski definition) is 6. The van der Waals surface area contributed by atoms with Crippen LogP contribution in [-0.4, -0.2) is 9.97 Å². The van der Waals surface area contributed by atoms with Gasteiger partial charge in [-0.15, -0.1) is 0 Å². The van der Waals surface area contributed by atoms with Crippen molar-refractivity contribution in [3.05, 3.63) is 69.6 Å². The first-order valence-corrected chi connectivity index (χ1v) is 8.48. The second-order valence-electron chi connectivity index (χ2n) is 5.94. The van der Waals surface area contributed by atoms with E-state index in [1.54, 1.807) is 18.2 Å². The summed E-state index contributed by atoms with van der Waals surface area (Å²) < 4.78 is 19.6. The molecule has 0 unspecified atom stereocenters. The molecule has 0 saturated carbocycles. The number of hydrogen-bond donors (Lipinski definition) is 1. The Labute approximate surface area is 165 Å². The van der Waals surface area contributed by atoms with Crippen LogP contribution in [0.2, 0.25) is 5.15 Å². The van der Waals surface area contributed by atoms with Crippen molar-refractivity contribution < 1.29 is 9.13 Å². The first-order valence-electron chi connectivity index (χ1n) is 8.10. The number of ether oxygens (including phenoxy) is 1. The van der Waals surface area contributed by atoms with E-state index in [-0.39, 0.29) is 22.5 Å². The van der Waals surface area contributed by atoms with Gasteiger partial charge in [0, 0.05) is 11.8 Å². The Morgan fingerprint density at radius 2 is 1.75 bits per heavy atom. The fraction of sp³-hybridized carbons (Fsp3) is 0.100. The molecule has 0 aliphatic carbocycles. The molecule has 1 heterocycles. The summed E-state index contributed by atoms with van der Waals surface area (Å²) in [6, 6.07) is 12.8. The normalized spacial score (nSPS) is 10.1. The van der Waals surface area contributed by atoms with Crippen LogP contribution in [0.3, 0.4) is 0 Å². The van der Waals surface area contributed by atoms with Gasteiger partial charge in [-0.2, -0.15) is 15.5 Å². The van der Waals surface area contributed by atoms with Gasteiger partial charge in [-0.3, -0.25) is 0 Å². The van der Waals surface area contributed by atoms with E-state index in [2.05, 4.69) is 21.4 Å². The van der Waals surface area contributed by atoms with Crippen LogP contribution in [0.4, 0.5) is 16.0 Å². The third-order valence-corrected chi connectivity index (χ3v) is 4.01. The molecule has 0 saturated heterocycles. The van der Waals surface area contributed by atoms with Crippen molar-refractivity contribution in [2.45, 2.75) is 13.8 Å². The Morgan fingerprint density at radius 3 is 2.36 bits per heavy atom. The second-order valence-corrected chi connectivity index (χ2v) is 6.32. The molecule has 3 aromatic rings. The monoisotopic (exact) mass is 393 g/mol. The maximum Gasteiger partial charge on any atom is 0.231 e. The number of rotatable bonds is 4. The molecular formula is C20H13ClFN5O. The molecule has 0 fully saturated rings. The number of nitrogens with zero attached hydrogens (tertiary/aromatic N) is 4. The summed E-state index contributed by atoms with van der Waals surface area (Å²) in [4.78, 5) is 8.29. The Kier molecular flexibility index (Phi) is 5.39. The standard InChI is InChI=1S/C20H13ClFN5O/c1-11-5-13(9-23)6-12(2)19(11)28-18-8-17(21)26-20(27-18)25-15-4-3-14(10-24)16(22)7-15/h3-8H,1-2H3,(H,25,26,27). The third kappa shape index (κ3) is 4.17. The summed E-state index contributed by atoms with van der Waals surface area (Å²) in [5.74, 6) is 0.196. The topological polar surface area (TPSA) is 94.6 Å². The largest absolute Gasteiger partial charge is 0.438 e. The maximum absolute atomic E-state index is 13.8. The average Bonchev–Trinajstić information content (AvgIpc) is 2.64. The van der Waals surface area contributed by atoms with Gasteiger partial charge in [-0.05, 0) is 55.3 Å². The highest BCUT2D eigenvalue weighted by Crippen LogP contribution is 2.30. The highest BCUT2D eigenvalue weighted by atomic mass is 35.5. The van der Waals surface area contributed by atoms with Crippen LogP contribution < -0.4 is 10.1 Å². The number of halogens is 2. The Morgan fingerprint density at radius 1 is 1.04 bits per heavy atom. The number of nitriles is 2. The van der Waals surface area contributed by atoms with Crippen LogP contribution in [0, 0.1) is 42.3 Å². The van der Waals surface area contributed by atoms with E-state index < -0.39 is 5.82 Å². The third-order valence-electron chi connectivity index (χ3n) is 3.81. The molecule has 0 radical (unpaired) electrons. The van der Waals surface area contributed by atoms with Crippen LogP contribution in [0.1, 0.15) is 22.3 Å². The van der Waals surface area contributed by atoms with E-state index in [1.807, 2.05) is 13.8 Å². The number of aromatic nitrogens is 2. The fourth-order valence-corrected chi connectivity index (χ4v) is 2.77. The van der Waals surface area contributed by atoms with Crippen molar-refractivity contribution >= 4 is 23.2 Å². The number of benzene rings is 2. The molecule has 0 atom stereocenters. The zero-order valence-electron chi connectivity index (χ0n) is 14.9. The number of aryl methyl sites for hydroxylation is 2. The summed E-state index contributed by atoms with van der Waals surface area (Å²) >= 11 is 6.06. The van der Waals surface area contributed by atoms with Crippen molar-refractivity contribution in [3.8, 4) is 23.8 Å². The van der Waals surface area contributed by atoms with Gasteiger partial charge in [0.2, 0.25) is 11.8 Å². The minimum atomic E-state index is -0.658. The van der Waals surface area contributed by atoms with Gasteiger partial charge in [0.05, 0.1) is 17.2 Å². The molecule has 0 aliphatic heterocycles. The maximum atomic E-state index is 13.8. The number of nitrogens with one attached hydrogen (secondary N) is 1. The molecule has 0 amide bonds.